The standard InChI is InChI=1S/C13H14O3/c1-2-3-9-13(14)16-11-10-15-12-7-5-4-6-8-12/h1,4-8H,3,9-11H2. The Morgan fingerprint density at radius 1 is 1.25 bits per heavy atom. The zero-order valence-electron chi connectivity index (χ0n) is 9.02. The highest BCUT2D eigenvalue weighted by Gasteiger charge is 2.00. The first-order valence-electron chi connectivity index (χ1n) is 5.10. The third-order valence-electron chi connectivity index (χ3n) is 1.83. The SMILES string of the molecule is C#CCCC(=O)OCCOc1ccccc1. The zero-order chi connectivity index (χ0) is 11.6. The molecule has 84 valence electrons. The fourth-order valence-corrected chi connectivity index (χ4v) is 1.08. The molecule has 0 unspecified atom stereocenters. The lowest BCUT2D eigenvalue weighted by Gasteiger charge is -2.06. The summed E-state index contributed by atoms with van der Waals surface area (Å²) in [7, 11) is 0. The van der Waals surface area contributed by atoms with Crippen molar-refractivity contribution in [3.8, 4) is 18.1 Å². The Labute approximate surface area is 95.4 Å². The van der Waals surface area contributed by atoms with Crippen LogP contribution in [0.5, 0.6) is 5.75 Å². The molecular formula is C13H14O3. The van der Waals surface area contributed by atoms with Gasteiger partial charge in [0, 0.05) is 6.42 Å². The smallest absolute Gasteiger partial charge is 0.306 e. The molecule has 0 saturated carbocycles. The van der Waals surface area contributed by atoms with Crippen LogP contribution >= 0.6 is 0 Å². The molecular weight excluding hydrogens is 204 g/mol. The summed E-state index contributed by atoms with van der Waals surface area (Å²) in [6.45, 7) is 0.601. The van der Waals surface area contributed by atoms with Crippen molar-refractivity contribution in [2.24, 2.45) is 0 Å². The lowest BCUT2D eigenvalue weighted by molar-refractivity contribution is -0.144. The predicted octanol–water partition coefficient (Wildman–Crippen LogP) is 2.02. The van der Waals surface area contributed by atoms with Crippen LogP contribution in [0.25, 0.3) is 0 Å². The summed E-state index contributed by atoms with van der Waals surface area (Å²) in [6.07, 6.45) is 5.71. The first-order valence-corrected chi connectivity index (χ1v) is 5.10. The normalized spacial score (nSPS) is 9.19. The Morgan fingerprint density at radius 3 is 2.69 bits per heavy atom. The highest BCUT2D eigenvalue weighted by atomic mass is 16.6. The predicted molar refractivity (Wildman–Crippen MR) is 61.0 cm³/mol. The molecule has 16 heavy (non-hydrogen) atoms. The second-order valence-electron chi connectivity index (χ2n) is 3.09. The Bertz CT molecular complexity index is 351. The topological polar surface area (TPSA) is 35.5 Å². The summed E-state index contributed by atoms with van der Waals surface area (Å²) in [5.41, 5.74) is 0. The summed E-state index contributed by atoms with van der Waals surface area (Å²) in [5.74, 6) is 2.87. The van der Waals surface area contributed by atoms with Crippen molar-refractivity contribution in [2.75, 3.05) is 13.2 Å². The molecule has 0 radical (unpaired) electrons. The van der Waals surface area contributed by atoms with Crippen LogP contribution in [0, 0.1) is 12.3 Å². The van der Waals surface area contributed by atoms with E-state index in [9.17, 15) is 4.79 Å². The highest BCUT2D eigenvalue weighted by Crippen LogP contribution is 2.07. The third-order valence-corrected chi connectivity index (χ3v) is 1.83. The van der Waals surface area contributed by atoms with E-state index in [-0.39, 0.29) is 19.0 Å². The molecule has 0 saturated heterocycles. The molecule has 0 atom stereocenters. The number of ether oxygens (including phenoxy) is 2. The molecule has 1 aromatic rings. The van der Waals surface area contributed by atoms with E-state index in [1.54, 1.807) is 0 Å². The van der Waals surface area contributed by atoms with Gasteiger partial charge in [-0.15, -0.1) is 12.3 Å². The van der Waals surface area contributed by atoms with Gasteiger partial charge in [-0.3, -0.25) is 4.79 Å². The van der Waals surface area contributed by atoms with E-state index in [4.69, 9.17) is 15.9 Å². The van der Waals surface area contributed by atoms with E-state index in [1.165, 1.54) is 0 Å². The number of terminal acetylenes is 1. The summed E-state index contributed by atoms with van der Waals surface area (Å²) < 4.78 is 10.2. The monoisotopic (exact) mass is 218 g/mol. The molecule has 0 N–H and O–H groups in total. The molecule has 0 heterocycles. The van der Waals surface area contributed by atoms with Gasteiger partial charge in [0.15, 0.2) is 0 Å². The lowest BCUT2D eigenvalue weighted by Crippen LogP contribution is -2.11. The Kier molecular flexibility index (Phi) is 5.57. The van der Waals surface area contributed by atoms with Gasteiger partial charge in [-0.2, -0.15) is 0 Å². The number of carbonyl (C=O) groups is 1. The van der Waals surface area contributed by atoms with Gasteiger partial charge in [-0.05, 0) is 12.1 Å². The minimum Gasteiger partial charge on any atom is -0.490 e. The average molecular weight is 218 g/mol. The molecule has 3 nitrogen and oxygen atoms in total. The lowest BCUT2D eigenvalue weighted by atomic mass is 10.3. The van der Waals surface area contributed by atoms with Gasteiger partial charge in [0.1, 0.15) is 19.0 Å². The van der Waals surface area contributed by atoms with Crippen LogP contribution in [0.2, 0.25) is 0 Å². The van der Waals surface area contributed by atoms with E-state index in [0.29, 0.717) is 13.0 Å². The average Bonchev–Trinajstić information content (AvgIpc) is 2.33. The molecule has 0 aliphatic rings. The molecule has 0 fully saturated rings. The van der Waals surface area contributed by atoms with Crippen LogP contribution in [0.4, 0.5) is 0 Å². The summed E-state index contributed by atoms with van der Waals surface area (Å²) in [5, 5.41) is 0. The highest BCUT2D eigenvalue weighted by molar-refractivity contribution is 5.69. The number of esters is 1. The summed E-state index contributed by atoms with van der Waals surface area (Å²) in [6, 6.07) is 9.37. The van der Waals surface area contributed by atoms with E-state index in [1.807, 2.05) is 30.3 Å². The fraction of sp³-hybridized carbons (Fsp3) is 0.308. The number of hydrogen-bond acceptors (Lipinski definition) is 3. The molecule has 0 bridgehead atoms. The molecule has 1 aromatic carbocycles. The molecule has 0 aromatic heterocycles. The Hall–Kier alpha value is -1.95. The molecule has 1 rings (SSSR count). The number of hydrogen-bond donors (Lipinski definition) is 0. The second kappa shape index (κ2) is 7.36. The van der Waals surface area contributed by atoms with Gasteiger partial charge < -0.3 is 9.47 Å². The van der Waals surface area contributed by atoms with Crippen molar-refractivity contribution in [3.05, 3.63) is 30.3 Å². The minimum absolute atomic E-state index is 0.248. The molecule has 0 spiro atoms. The quantitative estimate of drug-likeness (QED) is 0.416. The largest absolute Gasteiger partial charge is 0.490 e. The second-order valence-corrected chi connectivity index (χ2v) is 3.09. The van der Waals surface area contributed by atoms with E-state index in [0.717, 1.165) is 5.75 Å². The van der Waals surface area contributed by atoms with Gasteiger partial charge in [0.05, 0.1) is 6.42 Å². The first kappa shape index (κ1) is 12.1. The van der Waals surface area contributed by atoms with Crippen molar-refractivity contribution >= 4 is 5.97 Å². The van der Waals surface area contributed by atoms with Crippen LogP contribution < -0.4 is 4.74 Å². The summed E-state index contributed by atoms with van der Waals surface area (Å²) >= 11 is 0. The van der Waals surface area contributed by atoms with Crippen molar-refractivity contribution in [2.45, 2.75) is 12.8 Å². The van der Waals surface area contributed by atoms with Crippen LogP contribution in [-0.2, 0) is 9.53 Å². The van der Waals surface area contributed by atoms with Gasteiger partial charge >= 0.3 is 5.97 Å². The molecule has 0 amide bonds. The van der Waals surface area contributed by atoms with Crippen LogP contribution in [0.3, 0.4) is 0 Å². The molecule has 0 aliphatic heterocycles. The van der Waals surface area contributed by atoms with Gasteiger partial charge in [0.25, 0.3) is 0 Å². The van der Waals surface area contributed by atoms with E-state index >= 15 is 0 Å². The van der Waals surface area contributed by atoms with Crippen molar-refractivity contribution in [3.63, 3.8) is 0 Å². The Morgan fingerprint density at radius 2 is 2.00 bits per heavy atom. The maximum atomic E-state index is 11.0. The van der Waals surface area contributed by atoms with E-state index < -0.39 is 0 Å². The Balaban J connectivity index is 2.08. The number of benzene rings is 1. The zero-order valence-corrected chi connectivity index (χ0v) is 9.02. The van der Waals surface area contributed by atoms with Crippen molar-refractivity contribution in [1.29, 1.82) is 0 Å². The first-order chi connectivity index (χ1) is 7.83. The maximum Gasteiger partial charge on any atom is 0.306 e. The van der Waals surface area contributed by atoms with Gasteiger partial charge in [-0.25, -0.2) is 0 Å². The van der Waals surface area contributed by atoms with Gasteiger partial charge in [-0.1, -0.05) is 18.2 Å². The maximum absolute atomic E-state index is 11.0. The molecule has 0 aliphatic carbocycles. The fourth-order valence-electron chi connectivity index (χ4n) is 1.08. The minimum atomic E-state index is -0.283. The van der Waals surface area contributed by atoms with Gasteiger partial charge in [0.2, 0.25) is 0 Å². The number of para-hydroxylation sites is 1. The van der Waals surface area contributed by atoms with Crippen molar-refractivity contribution < 1.29 is 14.3 Å². The van der Waals surface area contributed by atoms with E-state index in [2.05, 4.69) is 5.92 Å². The third kappa shape index (κ3) is 5.06. The number of carbonyl (C=O) groups excluding carboxylic acids is 1. The number of rotatable bonds is 6. The van der Waals surface area contributed by atoms with Crippen LogP contribution in [0.15, 0.2) is 30.3 Å². The molecule has 3 heteroatoms. The van der Waals surface area contributed by atoms with Crippen molar-refractivity contribution in [1.82, 2.24) is 0 Å². The summed E-state index contributed by atoms with van der Waals surface area (Å²) in [4.78, 5) is 11.0. The van der Waals surface area contributed by atoms with Crippen LogP contribution in [-0.4, -0.2) is 19.2 Å². The van der Waals surface area contributed by atoms with Crippen LogP contribution in [0.1, 0.15) is 12.8 Å².